The second-order valence-electron chi connectivity index (χ2n) is 8.30. The standard InChI is InChI=1S/C23H24BrClN2O3/c1-3-30-23(28)20-14-10-27(11-15(14)20)18-8-7-12-9-17(26-22(29-2)19(12)18)13-5-4-6-16(24)21(13)25/h4-6,9,14-15,18,20H,3,7-8,10-11H2,1-2H3/t14-,15+,18-,20?/m1/s1. The van der Waals surface area contributed by atoms with E-state index in [1.807, 2.05) is 25.1 Å². The van der Waals surface area contributed by atoms with Gasteiger partial charge in [-0.3, -0.25) is 9.69 Å². The monoisotopic (exact) mass is 490 g/mol. The molecule has 2 aliphatic carbocycles. The molecule has 1 saturated heterocycles. The summed E-state index contributed by atoms with van der Waals surface area (Å²) in [6.07, 6.45) is 2.04. The van der Waals surface area contributed by atoms with Crippen LogP contribution in [0.5, 0.6) is 5.88 Å². The maximum absolute atomic E-state index is 12.1. The third-order valence-electron chi connectivity index (χ3n) is 6.77. The fraction of sp³-hybridized carbons (Fsp3) is 0.478. The molecule has 1 aromatic heterocycles. The number of carbonyl (C=O) groups excluding carboxylic acids is 1. The molecule has 5 nitrogen and oxygen atoms in total. The van der Waals surface area contributed by atoms with Crippen molar-refractivity contribution in [1.82, 2.24) is 9.88 Å². The lowest BCUT2D eigenvalue weighted by Gasteiger charge is -2.28. The van der Waals surface area contributed by atoms with Crippen molar-refractivity contribution < 1.29 is 14.3 Å². The Balaban J connectivity index is 1.40. The van der Waals surface area contributed by atoms with Crippen LogP contribution in [0.2, 0.25) is 5.02 Å². The molecule has 0 spiro atoms. The highest BCUT2D eigenvalue weighted by atomic mass is 79.9. The van der Waals surface area contributed by atoms with Gasteiger partial charge in [-0.05, 0) is 65.2 Å². The number of benzene rings is 1. The van der Waals surface area contributed by atoms with Gasteiger partial charge in [-0.25, -0.2) is 4.98 Å². The van der Waals surface area contributed by atoms with Gasteiger partial charge in [0.05, 0.1) is 30.4 Å². The summed E-state index contributed by atoms with van der Waals surface area (Å²) in [6.45, 7) is 4.22. The fourth-order valence-corrected chi connectivity index (χ4v) is 5.93. The van der Waals surface area contributed by atoms with Crippen LogP contribution in [0.15, 0.2) is 28.7 Å². The lowest BCUT2D eigenvalue weighted by Crippen LogP contribution is -2.30. The molecule has 4 atom stereocenters. The van der Waals surface area contributed by atoms with Crippen LogP contribution in [0.25, 0.3) is 11.3 Å². The lowest BCUT2D eigenvalue weighted by atomic mass is 10.0. The summed E-state index contributed by atoms with van der Waals surface area (Å²) in [4.78, 5) is 19.4. The second kappa shape index (κ2) is 7.81. The number of hydrogen-bond acceptors (Lipinski definition) is 5. The highest BCUT2D eigenvalue weighted by Gasteiger charge is 2.61. The third kappa shape index (κ3) is 3.24. The van der Waals surface area contributed by atoms with Gasteiger partial charge in [0.15, 0.2) is 0 Å². The molecular weight excluding hydrogens is 468 g/mol. The van der Waals surface area contributed by atoms with E-state index in [2.05, 4.69) is 26.9 Å². The zero-order valence-corrected chi connectivity index (χ0v) is 19.4. The topological polar surface area (TPSA) is 51.7 Å². The van der Waals surface area contributed by atoms with Crippen molar-refractivity contribution >= 4 is 33.5 Å². The zero-order valence-electron chi connectivity index (χ0n) is 17.0. The Bertz CT molecular complexity index is 1000. The first-order chi connectivity index (χ1) is 14.5. The molecule has 1 aliphatic heterocycles. The van der Waals surface area contributed by atoms with Gasteiger partial charge in [0, 0.05) is 34.7 Å². The number of pyridine rings is 1. The quantitative estimate of drug-likeness (QED) is 0.557. The van der Waals surface area contributed by atoms with Crippen LogP contribution in [-0.2, 0) is 16.0 Å². The van der Waals surface area contributed by atoms with E-state index in [1.54, 1.807) is 7.11 Å². The number of fused-ring (bicyclic) bond motifs is 2. The van der Waals surface area contributed by atoms with Gasteiger partial charge in [0.25, 0.3) is 0 Å². The number of rotatable bonds is 5. The average molecular weight is 492 g/mol. The zero-order chi connectivity index (χ0) is 21.0. The van der Waals surface area contributed by atoms with E-state index in [1.165, 1.54) is 11.1 Å². The Hall–Kier alpha value is -1.63. The van der Waals surface area contributed by atoms with Gasteiger partial charge in [-0.2, -0.15) is 0 Å². The minimum atomic E-state index is -0.0197. The fourth-order valence-electron chi connectivity index (χ4n) is 5.34. The Morgan fingerprint density at radius 1 is 1.33 bits per heavy atom. The summed E-state index contributed by atoms with van der Waals surface area (Å²) in [5.74, 6) is 1.64. The van der Waals surface area contributed by atoms with Crippen LogP contribution >= 0.6 is 27.5 Å². The first-order valence-corrected chi connectivity index (χ1v) is 11.6. The smallest absolute Gasteiger partial charge is 0.309 e. The number of ether oxygens (including phenoxy) is 2. The summed E-state index contributed by atoms with van der Waals surface area (Å²) in [6, 6.07) is 8.33. The Morgan fingerprint density at radius 2 is 2.10 bits per heavy atom. The predicted octanol–water partition coefficient (Wildman–Crippen LogP) is 4.90. The third-order valence-corrected chi connectivity index (χ3v) is 8.07. The molecule has 0 N–H and O–H groups in total. The predicted molar refractivity (Wildman–Crippen MR) is 119 cm³/mol. The maximum Gasteiger partial charge on any atom is 0.309 e. The lowest BCUT2D eigenvalue weighted by molar-refractivity contribution is -0.145. The van der Waals surface area contributed by atoms with Crippen LogP contribution in [0.3, 0.4) is 0 Å². The minimum absolute atomic E-state index is 0.0197. The number of aryl methyl sites for hydroxylation is 1. The first kappa shape index (κ1) is 20.3. The van der Waals surface area contributed by atoms with Crippen molar-refractivity contribution in [1.29, 1.82) is 0 Å². The highest BCUT2D eigenvalue weighted by Crippen LogP contribution is 2.56. The average Bonchev–Trinajstić information content (AvgIpc) is 3.05. The van der Waals surface area contributed by atoms with Gasteiger partial charge in [-0.1, -0.05) is 23.7 Å². The van der Waals surface area contributed by atoms with Crippen molar-refractivity contribution in [3.8, 4) is 17.1 Å². The van der Waals surface area contributed by atoms with Gasteiger partial charge in [-0.15, -0.1) is 0 Å². The molecule has 2 fully saturated rings. The summed E-state index contributed by atoms with van der Waals surface area (Å²) in [7, 11) is 1.68. The van der Waals surface area contributed by atoms with Crippen LogP contribution in [-0.4, -0.2) is 42.7 Å². The van der Waals surface area contributed by atoms with Crippen molar-refractivity contribution in [2.45, 2.75) is 25.8 Å². The summed E-state index contributed by atoms with van der Waals surface area (Å²) < 4.78 is 11.8. The van der Waals surface area contributed by atoms with Gasteiger partial charge < -0.3 is 9.47 Å². The number of hydrogen-bond donors (Lipinski definition) is 0. The van der Waals surface area contributed by atoms with Gasteiger partial charge >= 0.3 is 5.97 Å². The first-order valence-electron chi connectivity index (χ1n) is 10.5. The number of carbonyl (C=O) groups is 1. The van der Waals surface area contributed by atoms with E-state index in [4.69, 9.17) is 26.1 Å². The van der Waals surface area contributed by atoms with Crippen LogP contribution in [0, 0.1) is 17.8 Å². The number of piperidine rings is 1. The number of likely N-dealkylation sites (tertiary alicyclic amines) is 1. The molecule has 5 rings (SSSR count). The minimum Gasteiger partial charge on any atom is -0.481 e. The Labute approximate surface area is 189 Å². The second-order valence-corrected chi connectivity index (χ2v) is 9.54. The molecule has 7 heteroatoms. The highest BCUT2D eigenvalue weighted by molar-refractivity contribution is 9.10. The van der Waals surface area contributed by atoms with Crippen LogP contribution in [0.4, 0.5) is 0 Å². The van der Waals surface area contributed by atoms with Gasteiger partial charge in [0.2, 0.25) is 5.88 Å². The SMILES string of the molecule is CCOC(=O)C1[C@H]2CN([C@@H]3CCc4cc(-c5cccc(Br)c5Cl)nc(OC)c43)C[C@@H]12. The number of halogens is 2. The maximum atomic E-state index is 12.1. The number of esters is 1. The van der Waals surface area contributed by atoms with Crippen LogP contribution < -0.4 is 4.74 Å². The summed E-state index contributed by atoms with van der Waals surface area (Å²) >= 11 is 10.0. The number of methoxy groups -OCH3 is 1. The van der Waals surface area contributed by atoms with Crippen molar-refractivity contribution in [3.63, 3.8) is 0 Å². The summed E-state index contributed by atoms with van der Waals surface area (Å²) in [5, 5.41) is 0.659. The molecule has 158 valence electrons. The Kier molecular flexibility index (Phi) is 5.28. The van der Waals surface area contributed by atoms with E-state index >= 15 is 0 Å². The van der Waals surface area contributed by atoms with E-state index in [9.17, 15) is 4.79 Å². The molecule has 1 saturated carbocycles. The Morgan fingerprint density at radius 3 is 2.80 bits per heavy atom. The number of nitrogens with zero attached hydrogens (tertiary/aromatic N) is 2. The molecule has 1 unspecified atom stereocenters. The van der Waals surface area contributed by atoms with E-state index in [0.29, 0.717) is 35.4 Å². The largest absolute Gasteiger partial charge is 0.481 e. The van der Waals surface area contributed by atoms with Crippen LogP contribution in [0.1, 0.15) is 30.5 Å². The molecule has 1 aromatic carbocycles. The van der Waals surface area contributed by atoms with Crippen molar-refractivity contribution in [2.75, 3.05) is 26.8 Å². The normalized spacial score (nSPS) is 26.9. The van der Waals surface area contributed by atoms with Gasteiger partial charge in [0.1, 0.15) is 0 Å². The van der Waals surface area contributed by atoms with E-state index in [0.717, 1.165) is 41.7 Å². The molecule has 0 bridgehead atoms. The molecule has 3 aliphatic rings. The van der Waals surface area contributed by atoms with Crippen molar-refractivity contribution in [2.24, 2.45) is 17.8 Å². The molecule has 0 radical (unpaired) electrons. The van der Waals surface area contributed by atoms with Crippen molar-refractivity contribution in [3.05, 3.63) is 44.9 Å². The number of aromatic nitrogens is 1. The van der Waals surface area contributed by atoms with E-state index < -0.39 is 0 Å². The molecule has 2 heterocycles. The molecule has 30 heavy (non-hydrogen) atoms. The molecule has 2 aromatic rings. The summed E-state index contributed by atoms with van der Waals surface area (Å²) in [5.41, 5.74) is 4.21. The van der Waals surface area contributed by atoms with E-state index in [-0.39, 0.29) is 11.9 Å². The molecule has 0 amide bonds. The molecular formula is C23H24BrClN2O3.